The van der Waals surface area contributed by atoms with Crippen LogP contribution in [0.15, 0.2) is 36.4 Å². The Hall–Kier alpha value is -4.07. The van der Waals surface area contributed by atoms with Crippen LogP contribution < -0.4 is 15.4 Å². The molecule has 3 N–H and O–H groups in total. The number of para-hydroxylation sites is 1. The van der Waals surface area contributed by atoms with Crippen molar-refractivity contribution < 1.29 is 42.5 Å². The maximum atomic E-state index is 13.4. The number of rotatable bonds is 12. The van der Waals surface area contributed by atoms with Gasteiger partial charge in [0, 0.05) is 32.1 Å². The van der Waals surface area contributed by atoms with Crippen molar-refractivity contribution in [2.24, 2.45) is 0 Å². The predicted octanol–water partition coefficient (Wildman–Crippen LogP) is 1.48. The molecule has 1 aromatic heterocycles. The van der Waals surface area contributed by atoms with Crippen molar-refractivity contribution in [3.63, 3.8) is 0 Å². The number of hydrogen-bond donors (Lipinski definition) is 3. The Morgan fingerprint density at radius 2 is 1.97 bits per heavy atom. The first-order valence-corrected chi connectivity index (χ1v) is 12.0. The zero-order chi connectivity index (χ0) is 27.7. The van der Waals surface area contributed by atoms with Gasteiger partial charge in [0.15, 0.2) is 18.1 Å². The van der Waals surface area contributed by atoms with E-state index in [0.717, 1.165) is 6.07 Å². The second kappa shape index (κ2) is 13.5. The molecule has 1 aliphatic heterocycles. The van der Waals surface area contributed by atoms with Crippen molar-refractivity contribution in [3.05, 3.63) is 42.1 Å². The molecule has 0 radical (unpaired) electrons. The van der Waals surface area contributed by atoms with Crippen molar-refractivity contribution in [2.75, 3.05) is 32.8 Å². The smallest absolute Gasteiger partial charge is 0.410 e. The van der Waals surface area contributed by atoms with Gasteiger partial charge in [-0.15, -0.1) is 0 Å². The first-order valence-electron chi connectivity index (χ1n) is 12.0. The van der Waals surface area contributed by atoms with Crippen LogP contribution in [0.4, 0.5) is 13.6 Å². The van der Waals surface area contributed by atoms with E-state index in [1.165, 1.54) is 9.58 Å². The number of carboxylic acid groups (broad SMARTS) is 1. The maximum Gasteiger partial charge on any atom is 0.410 e. The van der Waals surface area contributed by atoms with Gasteiger partial charge in [-0.05, 0) is 25.5 Å². The van der Waals surface area contributed by atoms with Gasteiger partial charge in [-0.2, -0.15) is 5.10 Å². The molecule has 0 spiro atoms. The molecule has 2 atom stereocenters. The van der Waals surface area contributed by atoms with E-state index in [1.54, 1.807) is 37.3 Å². The summed E-state index contributed by atoms with van der Waals surface area (Å²) in [4.78, 5) is 51.4. The molecule has 1 unspecified atom stereocenters. The summed E-state index contributed by atoms with van der Waals surface area (Å²) in [5.41, 5.74) is 0.197. The van der Waals surface area contributed by atoms with Gasteiger partial charge in [0.05, 0.1) is 18.3 Å². The minimum absolute atomic E-state index is 0.0886. The summed E-state index contributed by atoms with van der Waals surface area (Å²) in [6.45, 7) is 1.49. The zero-order valence-electron chi connectivity index (χ0n) is 20.6. The molecule has 2 aromatic rings. The lowest BCUT2D eigenvalue weighted by Gasteiger charge is -2.36. The largest absolute Gasteiger partial charge is 0.481 e. The topological polar surface area (TPSA) is 152 Å². The molecule has 0 saturated carbocycles. The lowest BCUT2D eigenvalue weighted by molar-refractivity contribution is -0.137. The molecule has 206 valence electrons. The number of aromatic nitrogens is 2. The number of aliphatic carboxylic acids is 1. The van der Waals surface area contributed by atoms with Crippen LogP contribution >= 0.6 is 0 Å². The summed E-state index contributed by atoms with van der Waals surface area (Å²) in [6, 6.07) is 7.21. The van der Waals surface area contributed by atoms with Crippen molar-refractivity contribution in [2.45, 2.75) is 38.3 Å². The van der Waals surface area contributed by atoms with Gasteiger partial charge >= 0.3 is 12.1 Å². The Kier molecular flexibility index (Phi) is 10.1. The Labute approximate surface area is 216 Å². The molecule has 12 nitrogen and oxygen atoms in total. The van der Waals surface area contributed by atoms with Crippen LogP contribution in [0, 0.1) is 0 Å². The van der Waals surface area contributed by atoms with E-state index in [-0.39, 0.29) is 37.7 Å². The number of halogens is 2. The molecule has 1 fully saturated rings. The highest BCUT2D eigenvalue weighted by Crippen LogP contribution is 2.21. The van der Waals surface area contributed by atoms with Crippen LogP contribution in [-0.4, -0.2) is 94.9 Å². The number of Topliss-reactive ketones (excluding diaryl/α,β-unsaturated/α-hetero) is 1. The SMILES string of the molecule is CCOC(=O)N1CCNCC1C(=O)[C@H](CCC(=O)O)NC(=O)c1cc(OCC(F)F)n(-c2ccccc2)n1. The molecular weight excluding hydrogens is 508 g/mol. The highest BCUT2D eigenvalue weighted by molar-refractivity contribution is 5.99. The fourth-order valence-electron chi connectivity index (χ4n) is 3.88. The summed E-state index contributed by atoms with van der Waals surface area (Å²) in [5.74, 6) is -2.74. The van der Waals surface area contributed by atoms with Crippen molar-refractivity contribution in [1.29, 1.82) is 0 Å². The first-order chi connectivity index (χ1) is 18.2. The highest BCUT2D eigenvalue weighted by atomic mass is 19.3. The van der Waals surface area contributed by atoms with Crippen molar-refractivity contribution in [1.82, 2.24) is 25.3 Å². The lowest BCUT2D eigenvalue weighted by atomic mass is 9.98. The van der Waals surface area contributed by atoms with Crippen molar-refractivity contribution >= 4 is 23.8 Å². The second-order valence-corrected chi connectivity index (χ2v) is 8.29. The van der Waals surface area contributed by atoms with E-state index in [2.05, 4.69) is 15.7 Å². The third kappa shape index (κ3) is 7.47. The van der Waals surface area contributed by atoms with E-state index in [0.29, 0.717) is 12.2 Å². The fraction of sp³-hybridized carbons (Fsp3) is 0.458. The normalized spacial score (nSPS) is 16.1. The number of ether oxygens (including phenoxy) is 2. The summed E-state index contributed by atoms with van der Waals surface area (Å²) in [5, 5.41) is 18.8. The van der Waals surface area contributed by atoms with Crippen LogP contribution in [-0.2, 0) is 14.3 Å². The van der Waals surface area contributed by atoms with Gasteiger partial charge in [0.2, 0.25) is 5.88 Å². The average molecular weight is 538 g/mol. The van der Waals surface area contributed by atoms with E-state index in [9.17, 15) is 33.1 Å². The molecule has 1 saturated heterocycles. The van der Waals surface area contributed by atoms with Gasteiger partial charge in [0.25, 0.3) is 12.3 Å². The van der Waals surface area contributed by atoms with Crippen LogP contribution in [0.25, 0.3) is 5.69 Å². The quantitative estimate of drug-likeness (QED) is 0.366. The summed E-state index contributed by atoms with van der Waals surface area (Å²) >= 11 is 0. The van der Waals surface area contributed by atoms with E-state index < -0.39 is 55.3 Å². The number of alkyl halides is 2. The Bertz CT molecular complexity index is 1130. The van der Waals surface area contributed by atoms with E-state index in [1.807, 2.05) is 0 Å². The summed E-state index contributed by atoms with van der Waals surface area (Å²) < 4.78 is 36.9. The minimum atomic E-state index is -2.77. The molecule has 0 aliphatic carbocycles. The number of nitrogens with zero attached hydrogens (tertiary/aromatic N) is 3. The highest BCUT2D eigenvalue weighted by Gasteiger charge is 2.37. The first kappa shape index (κ1) is 28.5. The molecule has 0 bridgehead atoms. The standard InChI is InChI=1S/C24H29F2N5O7/c1-2-37-24(36)30-11-10-27-13-18(30)22(34)16(8-9-21(32)33)28-23(35)17-12-20(38-14-19(25)26)31(29-17)15-6-4-3-5-7-15/h3-7,12,16,18-19,27H,2,8-11,13-14H2,1H3,(H,28,35)(H,32,33)/t16-,18?/m0/s1. The van der Waals surface area contributed by atoms with E-state index >= 15 is 0 Å². The third-order valence-electron chi connectivity index (χ3n) is 5.64. The van der Waals surface area contributed by atoms with Gasteiger partial charge in [0.1, 0.15) is 6.04 Å². The van der Waals surface area contributed by atoms with Gasteiger partial charge in [-0.1, -0.05) is 18.2 Å². The Morgan fingerprint density at radius 3 is 2.63 bits per heavy atom. The average Bonchev–Trinajstić information content (AvgIpc) is 3.34. The molecule has 14 heteroatoms. The van der Waals surface area contributed by atoms with Gasteiger partial charge in [-0.3, -0.25) is 19.3 Å². The third-order valence-corrected chi connectivity index (χ3v) is 5.64. The zero-order valence-corrected chi connectivity index (χ0v) is 20.6. The molecule has 38 heavy (non-hydrogen) atoms. The molecular formula is C24H29F2N5O7. The maximum absolute atomic E-state index is 13.4. The number of carboxylic acids is 1. The molecule has 1 aromatic carbocycles. The lowest BCUT2D eigenvalue weighted by Crippen LogP contribution is -2.61. The van der Waals surface area contributed by atoms with Crippen LogP contribution in [0.2, 0.25) is 0 Å². The van der Waals surface area contributed by atoms with Gasteiger partial charge < -0.3 is 25.2 Å². The van der Waals surface area contributed by atoms with Crippen LogP contribution in [0.5, 0.6) is 5.88 Å². The number of hydrogen-bond acceptors (Lipinski definition) is 8. The number of ketones is 1. The summed E-state index contributed by atoms with van der Waals surface area (Å²) in [6.07, 6.45) is -4.15. The van der Waals surface area contributed by atoms with Crippen LogP contribution in [0.1, 0.15) is 30.3 Å². The fourth-order valence-corrected chi connectivity index (χ4v) is 3.88. The monoisotopic (exact) mass is 537 g/mol. The molecule has 1 aliphatic rings. The number of piperazine rings is 1. The molecule has 3 rings (SSSR count). The summed E-state index contributed by atoms with van der Waals surface area (Å²) in [7, 11) is 0. The van der Waals surface area contributed by atoms with Gasteiger partial charge in [-0.25, -0.2) is 18.3 Å². The second-order valence-electron chi connectivity index (χ2n) is 8.29. The minimum Gasteiger partial charge on any atom is -0.481 e. The van der Waals surface area contributed by atoms with Crippen LogP contribution in [0.3, 0.4) is 0 Å². The van der Waals surface area contributed by atoms with Crippen molar-refractivity contribution in [3.8, 4) is 11.6 Å². The number of amides is 2. The molecule has 2 amide bonds. The predicted molar refractivity (Wildman–Crippen MR) is 129 cm³/mol. The van der Waals surface area contributed by atoms with E-state index in [4.69, 9.17) is 9.47 Å². The number of benzene rings is 1. The number of carbonyl (C=O) groups is 4. The number of nitrogens with one attached hydrogen (secondary N) is 2. The Morgan fingerprint density at radius 1 is 1.24 bits per heavy atom. The molecule has 2 heterocycles. The number of carbonyl (C=O) groups excluding carboxylic acids is 3. The Balaban J connectivity index is 1.86.